The SMILES string of the molecule is CCNC(c1cnccn1)c1ncccc1C. The van der Waals surface area contributed by atoms with Crippen LogP contribution in [0.1, 0.15) is 29.9 Å². The van der Waals surface area contributed by atoms with Gasteiger partial charge in [0.25, 0.3) is 0 Å². The number of nitrogens with zero attached hydrogens (tertiary/aromatic N) is 3. The van der Waals surface area contributed by atoms with Crippen molar-refractivity contribution in [3.63, 3.8) is 0 Å². The fourth-order valence-corrected chi connectivity index (χ4v) is 1.81. The molecule has 0 aliphatic rings. The van der Waals surface area contributed by atoms with Gasteiger partial charge in [-0.15, -0.1) is 0 Å². The van der Waals surface area contributed by atoms with Crippen molar-refractivity contribution in [1.29, 1.82) is 0 Å². The molecule has 0 amide bonds. The molecule has 17 heavy (non-hydrogen) atoms. The summed E-state index contributed by atoms with van der Waals surface area (Å²) < 4.78 is 0. The lowest BCUT2D eigenvalue weighted by atomic mass is 10.1. The Kier molecular flexibility index (Phi) is 3.77. The lowest BCUT2D eigenvalue weighted by molar-refractivity contribution is 0.595. The summed E-state index contributed by atoms with van der Waals surface area (Å²) in [4.78, 5) is 12.9. The summed E-state index contributed by atoms with van der Waals surface area (Å²) in [6.45, 7) is 4.99. The zero-order valence-electron chi connectivity index (χ0n) is 10.1. The normalized spacial score (nSPS) is 12.4. The number of aryl methyl sites for hydroxylation is 1. The molecule has 0 radical (unpaired) electrons. The molecule has 2 rings (SSSR count). The van der Waals surface area contributed by atoms with Crippen molar-refractivity contribution in [3.05, 3.63) is 53.9 Å². The van der Waals surface area contributed by atoms with Gasteiger partial charge < -0.3 is 5.32 Å². The number of hydrogen-bond acceptors (Lipinski definition) is 4. The van der Waals surface area contributed by atoms with Crippen molar-refractivity contribution < 1.29 is 0 Å². The zero-order chi connectivity index (χ0) is 12.1. The van der Waals surface area contributed by atoms with Gasteiger partial charge in [-0.05, 0) is 25.1 Å². The Bertz CT molecular complexity index is 470. The zero-order valence-corrected chi connectivity index (χ0v) is 10.1. The molecule has 1 atom stereocenters. The third-order valence-electron chi connectivity index (χ3n) is 2.61. The fraction of sp³-hybridized carbons (Fsp3) is 0.308. The first kappa shape index (κ1) is 11.7. The third kappa shape index (κ3) is 2.65. The summed E-state index contributed by atoms with van der Waals surface area (Å²) in [5.74, 6) is 0. The van der Waals surface area contributed by atoms with Crippen LogP contribution < -0.4 is 5.32 Å². The van der Waals surface area contributed by atoms with E-state index < -0.39 is 0 Å². The Labute approximate surface area is 101 Å². The van der Waals surface area contributed by atoms with Crippen LogP contribution in [-0.2, 0) is 0 Å². The molecule has 0 aliphatic heterocycles. The molecule has 2 heterocycles. The molecule has 0 aromatic carbocycles. The van der Waals surface area contributed by atoms with Crippen molar-refractivity contribution in [2.75, 3.05) is 6.54 Å². The first-order chi connectivity index (χ1) is 8.33. The minimum Gasteiger partial charge on any atom is -0.304 e. The Morgan fingerprint density at radius 2 is 2.12 bits per heavy atom. The Hall–Kier alpha value is -1.81. The van der Waals surface area contributed by atoms with E-state index in [4.69, 9.17) is 0 Å². The van der Waals surface area contributed by atoms with Gasteiger partial charge >= 0.3 is 0 Å². The molecule has 88 valence electrons. The number of rotatable bonds is 4. The summed E-state index contributed by atoms with van der Waals surface area (Å²) in [5.41, 5.74) is 3.06. The molecule has 0 spiro atoms. The molecule has 0 saturated heterocycles. The minimum absolute atomic E-state index is 0.00917. The average Bonchev–Trinajstić information content (AvgIpc) is 2.38. The monoisotopic (exact) mass is 228 g/mol. The van der Waals surface area contributed by atoms with E-state index in [0.717, 1.165) is 23.5 Å². The van der Waals surface area contributed by atoms with Gasteiger partial charge in [0.1, 0.15) is 0 Å². The van der Waals surface area contributed by atoms with E-state index in [-0.39, 0.29) is 6.04 Å². The van der Waals surface area contributed by atoms with Gasteiger partial charge in [-0.25, -0.2) is 0 Å². The molecule has 4 heteroatoms. The van der Waals surface area contributed by atoms with Crippen molar-refractivity contribution >= 4 is 0 Å². The second-order valence-electron chi connectivity index (χ2n) is 3.83. The van der Waals surface area contributed by atoms with Gasteiger partial charge in [-0.2, -0.15) is 0 Å². The summed E-state index contributed by atoms with van der Waals surface area (Å²) in [6, 6.07) is 4.01. The molecule has 0 aliphatic carbocycles. The predicted octanol–water partition coefficient (Wildman–Crippen LogP) is 1.88. The van der Waals surface area contributed by atoms with Gasteiger partial charge in [0, 0.05) is 18.6 Å². The molecule has 0 fully saturated rings. The van der Waals surface area contributed by atoms with Crippen LogP contribution in [0.25, 0.3) is 0 Å². The molecule has 2 aromatic heterocycles. The summed E-state index contributed by atoms with van der Waals surface area (Å²) in [5, 5.41) is 3.39. The van der Waals surface area contributed by atoms with Crippen LogP contribution in [0.2, 0.25) is 0 Å². The molecule has 2 aromatic rings. The smallest absolute Gasteiger partial charge is 0.0943 e. The number of hydrogen-bond donors (Lipinski definition) is 1. The van der Waals surface area contributed by atoms with Crippen LogP contribution in [0.4, 0.5) is 0 Å². The molecular formula is C13H16N4. The van der Waals surface area contributed by atoms with E-state index in [1.165, 1.54) is 0 Å². The van der Waals surface area contributed by atoms with E-state index in [2.05, 4.69) is 40.2 Å². The second-order valence-corrected chi connectivity index (χ2v) is 3.83. The van der Waals surface area contributed by atoms with E-state index in [1.54, 1.807) is 18.6 Å². The van der Waals surface area contributed by atoms with Crippen LogP contribution in [0.3, 0.4) is 0 Å². The van der Waals surface area contributed by atoms with Crippen molar-refractivity contribution in [2.45, 2.75) is 19.9 Å². The number of aromatic nitrogens is 3. The Morgan fingerprint density at radius 1 is 1.24 bits per heavy atom. The first-order valence-electron chi connectivity index (χ1n) is 5.73. The maximum Gasteiger partial charge on any atom is 0.0943 e. The van der Waals surface area contributed by atoms with E-state index >= 15 is 0 Å². The van der Waals surface area contributed by atoms with Gasteiger partial charge in [0.05, 0.1) is 23.6 Å². The van der Waals surface area contributed by atoms with Crippen LogP contribution in [0, 0.1) is 6.92 Å². The lowest BCUT2D eigenvalue weighted by Crippen LogP contribution is -2.24. The lowest BCUT2D eigenvalue weighted by Gasteiger charge is -2.18. The molecule has 0 saturated carbocycles. The van der Waals surface area contributed by atoms with Crippen molar-refractivity contribution in [3.8, 4) is 0 Å². The Morgan fingerprint density at radius 3 is 2.76 bits per heavy atom. The highest BCUT2D eigenvalue weighted by atomic mass is 15.0. The Balaban J connectivity index is 2.39. The van der Waals surface area contributed by atoms with Crippen LogP contribution >= 0.6 is 0 Å². The van der Waals surface area contributed by atoms with Gasteiger partial charge in [0.2, 0.25) is 0 Å². The molecule has 0 bridgehead atoms. The maximum atomic E-state index is 4.44. The standard InChI is InChI=1S/C13H16N4/c1-3-15-13(11-9-14-7-8-16-11)12-10(2)5-4-6-17-12/h4-9,13,15H,3H2,1-2H3. The summed E-state index contributed by atoms with van der Waals surface area (Å²) in [7, 11) is 0. The fourth-order valence-electron chi connectivity index (χ4n) is 1.81. The largest absolute Gasteiger partial charge is 0.304 e. The molecule has 4 nitrogen and oxygen atoms in total. The number of nitrogens with one attached hydrogen (secondary N) is 1. The van der Waals surface area contributed by atoms with Crippen LogP contribution in [0.5, 0.6) is 0 Å². The highest BCUT2D eigenvalue weighted by Gasteiger charge is 2.17. The average molecular weight is 228 g/mol. The van der Waals surface area contributed by atoms with Gasteiger partial charge in [-0.1, -0.05) is 13.0 Å². The highest BCUT2D eigenvalue weighted by molar-refractivity contribution is 5.27. The van der Waals surface area contributed by atoms with Crippen LogP contribution in [0.15, 0.2) is 36.9 Å². The van der Waals surface area contributed by atoms with E-state index in [0.29, 0.717) is 0 Å². The maximum absolute atomic E-state index is 4.44. The second kappa shape index (κ2) is 5.50. The van der Waals surface area contributed by atoms with Gasteiger partial charge in [-0.3, -0.25) is 15.0 Å². The minimum atomic E-state index is 0.00917. The first-order valence-corrected chi connectivity index (χ1v) is 5.73. The van der Waals surface area contributed by atoms with Crippen molar-refractivity contribution in [1.82, 2.24) is 20.3 Å². The predicted molar refractivity (Wildman–Crippen MR) is 66.5 cm³/mol. The number of pyridine rings is 1. The highest BCUT2D eigenvalue weighted by Crippen LogP contribution is 2.20. The molecular weight excluding hydrogens is 212 g/mol. The summed E-state index contributed by atoms with van der Waals surface area (Å²) in [6.07, 6.45) is 6.97. The third-order valence-corrected chi connectivity index (χ3v) is 2.61. The van der Waals surface area contributed by atoms with Crippen LogP contribution in [-0.4, -0.2) is 21.5 Å². The van der Waals surface area contributed by atoms with Gasteiger partial charge in [0.15, 0.2) is 0 Å². The van der Waals surface area contributed by atoms with Crippen molar-refractivity contribution in [2.24, 2.45) is 0 Å². The molecule has 1 N–H and O–H groups in total. The quantitative estimate of drug-likeness (QED) is 0.868. The molecule has 1 unspecified atom stereocenters. The topological polar surface area (TPSA) is 50.7 Å². The summed E-state index contributed by atoms with van der Waals surface area (Å²) >= 11 is 0. The van der Waals surface area contributed by atoms with E-state index in [1.807, 2.05) is 12.3 Å². The van der Waals surface area contributed by atoms with E-state index in [9.17, 15) is 0 Å².